The molecule has 0 saturated carbocycles. The first-order valence-electron chi connectivity index (χ1n) is 6.61. The fourth-order valence-electron chi connectivity index (χ4n) is 2.06. The van der Waals surface area contributed by atoms with Crippen molar-refractivity contribution in [3.05, 3.63) is 59.4 Å². The molecule has 1 atom stereocenters. The average Bonchev–Trinajstić information content (AvgIpc) is 2.41. The van der Waals surface area contributed by atoms with Crippen molar-refractivity contribution in [2.75, 3.05) is 0 Å². The Hall–Kier alpha value is -2.01. The van der Waals surface area contributed by atoms with E-state index < -0.39 is 17.2 Å². The molecule has 112 valence electrons. The molecule has 1 N–H and O–H groups in total. The van der Waals surface area contributed by atoms with Gasteiger partial charge in [-0.15, -0.1) is 0 Å². The van der Waals surface area contributed by atoms with Crippen LogP contribution in [0.4, 0.5) is 8.78 Å². The van der Waals surface area contributed by atoms with Crippen LogP contribution in [0.25, 0.3) is 0 Å². The molecular weight excluding hydrogens is 276 g/mol. The van der Waals surface area contributed by atoms with Crippen molar-refractivity contribution in [2.24, 2.45) is 0 Å². The predicted octanol–water partition coefficient (Wildman–Crippen LogP) is 3.40. The second kappa shape index (κ2) is 5.77. The first-order valence-corrected chi connectivity index (χ1v) is 6.61. The van der Waals surface area contributed by atoms with Gasteiger partial charge in [0.25, 0.3) is 0 Å². The van der Waals surface area contributed by atoms with Gasteiger partial charge in [0.2, 0.25) is 0 Å². The van der Waals surface area contributed by atoms with E-state index in [1.54, 1.807) is 6.07 Å². The van der Waals surface area contributed by atoms with Crippen LogP contribution in [0.2, 0.25) is 0 Å². The van der Waals surface area contributed by atoms with Crippen molar-refractivity contribution < 1.29 is 18.6 Å². The van der Waals surface area contributed by atoms with Crippen molar-refractivity contribution in [2.45, 2.75) is 32.5 Å². The zero-order chi connectivity index (χ0) is 15.6. The van der Waals surface area contributed by atoms with E-state index in [9.17, 15) is 13.9 Å². The first-order chi connectivity index (χ1) is 9.82. The lowest BCUT2D eigenvalue weighted by Gasteiger charge is -2.25. The number of nitrogens with zero attached hydrogens (tertiary/aromatic N) is 1. The van der Waals surface area contributed by atoms with Gasteiger partial charge in [0, 0.05) is 17.3 Å². The molecule has 3 nitrogen and oxygen atoms in total. The lowest BCUT2D eigenvalue weighted by molar-refractivity contribution is 0.0960. The largest absolute Gasteiger partial charge is 0.489 e. The van der Waals surface area contributed by atoms with E-state index in [0.29, 0.717) is 11.3 Å². The molecule has 0 aliphatic carbocycles. The highest BCUT2D eigenvalue weighted by atomic mass is 19.2. The van der Waals surface area contributed by atoms with Crippen molar-refractivity contribution in [1.29, 1.82) is 0 Å². The van der Waals surface area contributed by atoms with Crippen molar-refractivity contribution in [3.8, 4) is 5.75 Å². The van der Waals surface area contributed by atoms with Crippen molar-refractivity contribution in [3.63, 3.8) is 0 Å². The minimum atomic E-state index is -1.71. The molecule has 2 rings (SSSR count). The van der Waals surface area contributed by atoms with Crippen LogP contribution < -0.4 is 4.74 Å². The minimum absolute atomic E-state index is 0.0575. The fourth-order valence-corrected chi connectivity index (χ4v) is 2.06. The van der Waals surface area contributed by atoms with Gasteiger partial charge in [-0.05, 0) is 32.9 Å². The summed E-state index contributed by atoms with van der Waals surface area (Å²) >= 11 is 0. The summed E-state index contributed by atoms with van der Waals surface area (Å²) in [6.45, 7) is 5.11. The Morgan fingerprint density at radius 3 is 2.62 bits per heavy atom. The highest BCUT2D eigenvalue weighted by Gasteiger charge is 2.30. The van der Waals surface area contributed by atoms with Crippen LogP contribution in [0.1, 0.15) is 31.9 Å². The Kier molecular flexibility index (Phi) is 4.23. The summed E-state index contributed by atoms with van der Waals surface area (Å²) < 4.78 is 32.8. The predicted molar refractivity (Wildman–Crippen MR) is 75.0 cm³/mol. The quantitative estimate of drug-likeness (QED) is 0.939. The molecule has 1 heterocycles. The average molecular weight is 293 g/mol. The molecule has 0 saturated heterocycles. The van der Waals surface area contributed by atoms with Gasteiger partial charge in [0.1, 0.15) is 11.4 Å². The highest BCUT2D eigenvalue weighted by molar-refractivity contribution is 5.38. The van der Waals surface area contributed by atoms with Crippen LogP contribution in [-0.2, 0) is 5.60 Å². The fraction of sp³-hybridized carbons (Fsp3) is 0.312. The maximum Gasteiger partial charge on any atom is 0.165 e. The summed E-state index contributed by atoms with van der Waals surface area (Å²) in [5, 5.41) is 10.6. The SMILES string of the molecule is CC(C)Oc1cncc(C(C)(O)c2cccc(F)c2F)c1. The van der Waals surface area contributed by atoms with Crippen molar-refractivity contribution >= 4 is 0 Å². The Morgan fingerprint density at radius 1 is 1.24 bits per heavy atom. The van der Waals surface area contributed by atoms with Crippen LogP contribution in [0.15, 0.2) is 36.7 Å². The molecular formula is C16H17F2NO2. The van der Waals surface area contributed by atoms with Crippen LogP contribution in [0, 0.1) is 11.6 Å². The number of aliphatic hydroxyl groups is 1. The number of pyridine rings is 1. The molecule has 1 aromatic carbocycles. The standard InChI is InChI=1S/C16H17F2NO2/c1-10(2)21-12-7-11(8-19-9-12)16(3,20)13-5-4-6-14(17)15(13)18/h4-10,20H,1-3H3. The molecule has 21 heavy (non-hydrogen) atoms. The van der Waals surface area contributed by atoms with E-state index in [-0.39, 0.29) is 11.7 Å². The third kappa shape index (κ3) is 3.19. The maximum atomic E-state index is 13.9. The van der Waals surface area contributed by atoms with Crippen LogP contribution in [0.5, 0.6) is 5.75 Å². The molecule has 0 fully saturated rings. The van der Waals surface area contributed by atoms with Gasteiger partial charge >= 0.3 is 0 Å². The number of benzene rings is 1. The van der Waals surface area contributed by atoms with E-state index in [4.69, 9.17) is 4.74 Å². The summed E-state index contributed by atoms with van der Waals surface area (Å²) in [4.78, 5) is 3.98. The first kappa shape index (κ1) is 15.4. The van der Waals surface area contributed by atoms with Gasteiger partial charge in [0.05, 0.1) is 12.3 Å². The third-order valence-corrected chi connectivity index (χ3v) is 3.12. The maximum absolute atomic E-state index is 13.9. The molecule has 0 spiro atoms. The summed E-state index contributed by atoms with van der Waals surface area (Å²) in [6.07, 6.45) is 2.84. The Balaban J connectivity index is 2.46. The van der Waals surface area contributed by atoms with E-state index in [1.165, 1.54) is 31.5 Å². The molecule has 0 aliphatic heterocycles. The Bertz CT molecular complexity index is 642. The van der Waals surface area contributed by atoms with Gasteiger partial charge in [0.15, 0.2) is 11.6 Å². The van der Waals surface area contributed by atoms with E-state index in [0.717, 1.165) is 6.07 Å². The number of aromatic nitrogens is 1. The second-order valence-electron chi connectivity index (χ2n) is 5.25. The molecule has 0 bridgehead atoms. The molecule has 0 aliphatic rings. The zero-order valence-electron chi connectivity index (χ0n) is 12.1. The summed E-state index contributed by atoms with van der Waals surface area (Å²) in [5.74, 6) is -1.62. The number of hydrogen-bond acceptors (Lipinski definition) is 3. The molecule has 0 radical (unpaired) electrons. The molecule has 5 heteroatoms. The Labute approximate surface area is 122 Å². The van der Waals surface area contributed by atoms with Gasteiger partial charge < -0.3 is 9.84 Å². The van der Waals surface area contributed by atoms with Gasteiger partial charge in [-0.2, -0.15) is 0 Å². The Morgan fingerprint density at radius 2 is 1.95 bits per heavy atom. The van der Waals surface area contributed by atoms with Gasteiger partial charge in [-0.3, -0.25) is 4.98 Å². The molecule has 2 aromatic rings. The topological polar surface area (TPSA) is 42.4 Å². The lowest BCUT2D eigenvalue weighted by atomic mass is 9.88. The van der Waals surface area contributed by atoms with E-state index in [2.05, 4.69) is 4.98 Å². The number of ether oxygens (including phenoxy) is 1. The summed E-state index contributed by atoms with van der Waals surface area (Å²) in [7, 11) is 0. The normalized spacial score (nSPS) is 14.0. The molecule has 1 aromatic heterocycles. The molecule has 0 amide bonds. The third-order valence-electron chi connectivity index (χ3n) is 3.12. The lowest BCUT2D eigenvalue weighted by Crippen LogP contribution is -2.25. The molecule has 1 unspecified atom stereocenters. The zero-order valence-corrected chi connectivity index (χ0v) is 12.1. The number of halogens is 2. The van der Waals surface area contributed by atoms with Crippen LogP contribution >= 0.6 is 0 Å². The number of rotatable bonds is 4. The van der Waals surface area contributed by atoms with Crippen LogP contribution in [-0.4, -0.2) is 16.2 Å². The number of hydrogen-bond donors (Lipinski definition) is 1. The highest BCUT2D eigenvalue weighted by Crippen LogP contribution is 2.32. The van der Waals surface area contributed by atoms with Gasteiger partial charge in [-0.25, -0.2) is 8.78 Å². The summed E-state index contributed by atoms with van der Waals surface area (Å²) in [5.41, 5.74) is -1.54. The second-order valence-corrected chi connectivity index (χ2v) is 5.25. The minimum Gasteiger partial charge on any atom is -0.489 e. The van der Waals surface area contributed by atoms with E-state index >= 15 is 0 Å². The monoisotopic (exact) mass is 293 g/mol. The van der Waals surface area contributed by atoms with Crippen LogP contribution in [0.3, 0.4) is 0 Å². The van der Waals surface area contributed by atoms with Gasteiger partial charge in [-0.1, -0.05) is 12.1 Å². The van der Waals surface area contributed by atoms with E-state index in [1.807, 2.05) is 13.8 Å². The van der Waals surface area contributed by atoms with Crippen molar-refractivity contribution in [1.82, 2.24) is 4.98 Å². The summed E-state index contributed by atoms with van der Waals surface area (Å²) in [6, 6.07) is 5.27. The smallest absolute Gasteiger partial charge is 0.165 e.